The number of halogens is 3. The largest absolute Gasteiger partial charge is 0.207 e. The minimum Gasteiger partial charge on any atom is -0.207 e. The van der Waals surface area contributed by atoms with Gasteiger partial charge >= 0.3 is 0 Å². The molecule has 0 bridgehead atoms. The summed E-state index contributed by atoms with van der Waals surface area (Å²) in [7, 11) is 0. The van der Waals surface area contributed by atoms with Crippen LogP contribution in [0.5, 0.6) is 0 Å². The van der Waals surface area contributed by atoms with E-state index >= 15 is 0 Å². The van der Waals surface area contributed by atoms with E-state index in [-0.39, 0.29) is 5.82 Å². The van der Waals surface area contributed by atoms with E-state index in [9.17, 15) is 4.39 Å². The smallest absolute Gasteiger partial charge is 0.124 e. The number of hydrogen-bond donors (Lipinski definition) is 0. The van der Waals surface area contributed by atoms with E-state index in [2.05, 4.69) is 29.8 Å². The first-order valence-electron chi connectivity index (χ1n) is 5.58. The van der Waals surface area contributed by atoms with Gasteiger partial charge in [0.05, 0.1) is 0 Å². The van der Waals surface area contributed by atoms with Crippen LogP contribution in [0.15, 0.2) is 18.2 Å². The lowest BCUT2D eigenvalue weighted by atomic mass is 10.0. The van der Waals surface area contributed by atoms with Gasteiger partial charge in [-0.1, -0.05) is 47.4 Å². The molecule has 16 heavy (non-hydrogen) atoms. The standard InChI is InChI=1S/C13H17BrClF/c1-9(2)12(14)5-3-4-10-6-7-11(16)8-13(10)15/h6-9,12H,3-5H2,1-2H3. The Labute approximate surface area is 110 Å². The zero-order valence-electron chi connectivity index (χ0n) is 9.64. The molecule has 1 aromatic rings. The predicted molar refractivity (Wildman–Crippen MR) is 71.9 cm³/mol. The van der Waals surface area contributed by atoms with E-state index in [1.807, 2.05) is 0 Å². The highest BCUT2D eigenvalue weighted by Gasteiger charge is 2.09. The number of alkyl halides is 1. The summed E-state index contributed by atoms with van der Waals surface area (Å²) in [5.74, 6) is 0.373. The van der Waals surface area contributed by atoms with Gasteiger partial charge in [-0.3, -0.25) is 0 Å². The van der Waals surface area contributed by atoms with Gasteiger partial charge < -0.3 is 0 Å². The van der Waals surface area contributed by atoms with E-state index in [1.165, 1.54) is 12.1 Å². The lowest BCUT2D eigenvalue weighted by Crippen LogP contribution is -2.07. The van der Waals surface area contributed by atoms with Crippen molar-refractivity contribution >= 4 is 27.5 Å². The average Bonchev–Trinajstić information content (AvgIpc) is 2.20. The summed E-state index contributed by atoms with van der Waals surface area (Å²) < 4.78 is 12.8. The van der Waals surface area contributed by atoms with Crippen LogP contribution in [0.25, 0.3) is 0 Å². The normalized spacial score (nSPS) is 13.1. The molecule has 0 heterocycles. The second-order valence-corrected chi connectivity index (χ2v) is 5.97. The molecular weight excluding hydrogens is 290 g/mol. The highest BCUT2D eigenvalue weighted by molar-refractivity contribution is 9.09. The fourth-order valence-electron chi connectivity index (χ4n) is 1.55. The Balaban J connectivity index is 2.43. The van der Waals surface area contributed by atoms with Crippen molar-refractivity contribution in [2.75, 3.05) is 0 Å². The minimum atomic E-state index is -0.269. The second-order valence-electron chi connectivity index (χ2n) is 4.39. The maximum atomic E-state index is 12.8. The summed E-state index contributed by atoms with van der Waals surface area (Å²) in [5.41, 5.74) is 1.03. The van der Waals surface area contributed by atoms with Crippen molar-refractivity contribution in [2.24, 2.45) is 5.92 Å². The predicted octanol–water partition coefficient (Wildman–Crippen LogP) is 5.22. The molecule has 1 rings (SSSR count). The molecule has 0 aliphatic rings. The van der Waals surface area contributed by atoms with Crippen LogP contribution in [0, 0.1) is 11.7 Å². The van der Waals surface area contributed by atoms with Gasteiger partial charge in [-0.05, 0) is 42.9 Å². The number of rotatable bonds is 5. The molecular formula is C13H17BrClF. The topological polar surface area (TPSA) is 0 Å². The molecule has 90 valence electrons. The minimum absolute atomic E-state index is 0.269. The lowest BCUT2D eigenvalue weighted by molar-refractivity contribution is 0.562. The molecule has 0 spiro atoms. The van der Waals surface area contributed by atoms with Crippen LogP contribution in [0.4, 0.5) is 4.39 Å². The first-order chi connectivity index (χ1) is 7.50. The lowest BCUT2D eigenvalue weighted by Gasteiger charge is -2.13. The van der Waals surface area contributed by atoms with Crippen molar-refractivity contribution in [1.82, 2.24) is 0 Å². The first-order valence-corrected chi connectivity index (χ1v) is 6.88. The Hall–Kier alpha value is -0.0800. The Bertz CT molecular complexity index is 339. The summed E-state index contributed by atoms with van der Waals surface area (Å²) in [4.78, 5) is 0.548. The van der Waals surface area contributed by atoms with Crippen LogP contribution in [-0.2, 0) is 6.42 Å². The van der Waals surface area contributed by atoms with E-state index in [1.54, 1.807) is 6.07 Å². The van der Waals surface area contributed by atoms with Gasteiger partial charge in [0.25, 0.3) is 0 Å². The van der Waals surface area contributed by atoms with E-state index < -0.39 is 0 Å². The molecule has 0 N–H and O–H groups in total. The summed E-state index contributed by atoms with van der Waals surface area (Å²) in [6.07, 6.45) is 3.10. The highest BCUT2D eigenvalue weighted by atomic mass is 79.9. The molecule has 0 saturated carbocycles. The van der Waals surface area contributed by atoms with Gasteiger partial charge in [0.2, 0.25) is 0 Å². The van der Waals surface area contributed by atoms with Gasteiger partial charge in [-0.2, -0.15) is 0 Å². The van der Waals surface area contributed by atoms with E-state index in [4.69, 9.17) is 11.6 Å². The molecule has 0 aliphatic carbocycles. The zero-order valence-corrected chi connectivity index (χ0v) is 12.0. The molecule has 1 atom stereocenters. The molecule has 3 heteroatoms. The SMILES string of the molecule is CC(C)C(Br)CCCc1ccc(F)cc1Cl. The molecule has 0 radical (unpaired) electrons. The maximum absolute atomic E-state index is 12.8. The Morgan fingerprint density at radius 2 is 2.06 bits per heavy atom. The van der Waals surface area contributed by atoms with Gasteiger partial charge in [0, 0.05) is 9.85 Å². The summed E-state index contributed by atoms with van der Waals surface area (Å²) >= 11 is 9.61. The van der Waals surface area contributed by atoms with E-state index in [0.717, 1.165) is 24.8 Å². The van der Waals surface area contributed by atoms with Crippen LogP contribution in [0.1, 0.15) is 32.3 Å². The van der Waals surface area contributed by atoms with Crippen molar-refractivity contribution in [2.45, 2.75) is 37.9 Å². The fourth-order valence-corrected chi connectivity index (χ4v) is 2.13. The van der Waals surface area contributed by atoms with Gasteiger partial charge in [-0.25, -0.2) is 4.39 Å². The summed E-state index contributed by atoms with van der Waals surface area (Å²) in [6.45, 7) is 4.40. The van der Waals surface area contributed by atoms with Crippen LogP contribution in [0.2, 0.25) is 5.02 Å². The van der Waals surface area contributed by atoms with Crippen LogP contribution < -0.4 is 0 Å². The van der Waals surface area contributed by atoms with Crippen molar-refractivity contribution in [3.63, 3.8) is 0 Å². The molecule has 0 saturated heterocycles. The molecule has 0 aromatic heterocycles. The molecule has 0 fully saturated rings. The van der Waals surface area contributed by atoms with Crippen molar-refractivity contribution in [3.05, 3.63) is 34.6 Å². The van der Waals surface area contributed by atoms with Crippen molar-refractivity contribution in [1.29, 1.82) is 0 Å². The molecule has 0 amide bonds. The highest BCUT2D eigenvalue weighted by Crippen LogP contribution is 2.22. The second kappa shape index (κ2) is 6.61. The molecule has 0 nitrogen and oxygen atoms in total. The average molecular weight is 308 g/mol. The Kier molecular flexibility index (Phi) is 5.77. The van der Waals surface area contributed by atoms with Gasteiger partial charge in [0.1, 0.15) is 5.82 Å². The summed E-state index contributed by atoms with van der Waals surface area (Å²) in [6, 6.07) is 4.62. The Morgan fingerprint density at radius 3 is 2.62 bits per heavy atom. The molecule has 0 aliphatic heterocycles. The Morgan fingerprint density at radius 1 is 1.38 bits per heavy atom. The summed E-state index contributed by atoms with van der Waals surface area (Å²) in [5, 5.41) is 0.538. The van der Waals surface area contributed by atoms with Crippen molar-refractivity contribution < 1.29 is 4.39 Å². The van der Waals surface area contributed by atoms with E-state index in [0.29, 0.717) is 15.8 Å². The van der Waals surface area contributed by atoms with Crippen LogP contribution in [0.3, 0.4) is 0 Å². The number of benzene rings is 1. The van der Waals surface area contributed by atoms with Gasteiger partial charge in [0.15, 0.2) is 0 Å². The third-order valence-corrected chi connectivity index (χ3v) is 4.53. The van der Waals surface area contributed by atoms with Crippen molar-refractivity contribution in [3.8, 4) is 0 Å². The van der Waals surface area contributed by atoms with Crippen LogP contribution >= 0.6 is 27.5 Å². The monoisotopic (exact) mass is 306 g/mol. The fraction of sp³-hybridized carbons (Fsp3) is 0.538. The molecule has 1 aromatic carbocycles. The number of hydrogen-bond acceptors (Lipinski definition) is 0. The first kappa shape index (κ1) is 14.0. The third-order valence-electron chi connectivity index (χ3n) is 2.66. The maximum Gasteiger partial charge on any atom is 0.124 e. The quantitative estimate of drug-likeness (QED) is 0.654. The van der Waals surface area contributed by atoms with Crippen LogP contribution in [-0.4, -0.2) is 4.83 Å². The number of aryl methyl sites for hydroxylation is 1. The third kappa shape index (κ3) is 4.42. The zero-order chi connectivity index (χ0) is 12.1. The van der Waals surface area contributed by atoms with Gasteiger partial charge in [-0.15, -0.1) is 0 Å². The molecule has 1 unspecified atom stereocenters.